The molecule has 1 aliphatic rings. The van der Waals surface area contributed by atoms with Gasteiger partial charge in [0.25, 0.3) is 0 Å². The van der Waals surface area contributed by atoms with Gasteiger partial charge in [-0.3, -0.25) is 4.99 Å². The van der Waals surface area contributed by atoms with Crippen LogP contribution in [0.15, 0.2) is 23.2 Å². The molecule has 0 amide bonds. The summed E-state index contributed by atoms with van der Waals surface area (Å²) in [4.78, 5) is 4.13. The van der Waals surface area contributed by atoms with Crippen molar-refractivity contribution in [1.29, 1.82) is 5.26 Å². The molecule has 1 aromatic carbocycles. The summed E-state index contributed by atoms with van der Waals surface area (Å²) in [6.07, 6.45) is 7.84. The Labute approximate surface area is 172 Å². The third-order valence-corrected chi connectivity index (χ3v) is 4.39. The van der Waals surface area contributed by atoms with Crippen molar-refractivity contribution in [3.63, 3.8) is 0 Å². The quantitative estimate of drug-likeness (QED) is 0.217. The van der Waals surface area contributed by atoms with E-state index in [4.69, 9.17) is 10.00 Å². The standard InChI is InChI=1S/C19H27FN4O.HI/c1-22-19(23-10-11-25-17-6-4-2-3-5-7-17)24-14-16-12-15(13-21)8-9-18(16)20;/h8-9,12,17H,2-7,10-11,14H2,1H3,(H2,22,23,24);1H. The van der Waals surface area contributed by atoms with Gasteiger partial charge < -0.3 is 15.4 Å². The monoisotopic (exact) mass is 474 g/mol. The number of guanidine groups is 1. The Hall–Kier alpha value is -1.40. The number of nitrogens with zero attached hydrogens (tertiary/aromatic N) is 2. The van der Waals surface area contributed by atoms with Gasteiger partial charge in [0.1, 0.15) is 5.82 Å². The maximum atomic E-state index is 13.8. The number of halogens is 2. The molecule has 0 unspecified atom stereocenters. The van der Waals surface area contributed by atoms with Gasteiger partial charge in [-0.1, -0.05) is 25.7 Å². The molecule has 2 rings (SSSR count). The van der Waals surface area contributed by atoms with E-state index in [1.54, 1.807) is 13.1 Å². The molecule has 0 heterocycles. The molecule has 0 spiro atoms. The van der Waals surface area contributed by atoms with E-state index in [1.165, 1.54) is 37.8 Å². The molecule has 26 heavy (non-hydrogen) atoms. The molecular weight excluding hydrogens is 446 g/mol. The molecule has 0 bridgehead atoms. The molecule has 0 radical (unpaired) electrons. The highest BCUT2D eigenvalue weighted by molar-refractivity contribution is 14.0. The van der Waals surface area contributed by atoms with Crippen molar-refractivity contribution in [2.75, 3.05) is 20.2 Å². The molecule has 0 atom stereocenters. The van der Waals surface area contributed by atoms with E-state index in [2.05, 4.69) is 15.6 Å². The predicted molar refractivity (Wildman–Crippen MR) is 112 cm³/mol. The minimum atomic E-state index is -0.335. The second-order valence-corrected chi connectivity index (χ2v) is 6.25. The molecule has 144 valence electrons. The predicted octanol–water partition coefficient (Wildman–Crippen LogP) is 3.72. The van der Waals surface area contributed by atoms with E-state index in [9.17, 15) is 4.39 Å². The number of hydrogen-bond donors (Lipinski definition) is 2. The van der Waals surface area contributed by atoms with Crippen molar-refractivity contribution < 1.29 is 9.13 Å². The largest absolute Gasteiger partial charge is 0.376 e. The van der Waals surface area contributed by atoms with Crippen LogP contribution in [0.2, 0.25) is 0 Å². The second-order valence-electron chi connectivity index (χ2n) is 6.25. The first-order valence-corrected chi connectivity index (χ1v) is 8.97. The van der Waals surface area contributed by atoms with Gasteiger partial charge in [-0.05, 0) is 31.0 Å². The summed E-state index contributed by atoms with van der Waals surface area (Å²) in [7, 11) is 1.67. The first kappa shape index (κ1) is 22.6. The van der Waals surface area contributed by atoms with Gasteiger partial charge in [0.05, 0.1) is 24.3 Å². The fourth-order valence-electron chi connectivity index (χ4n) is 2.98. The molecule has 1 fully saturated rings. The lowest BCUT2D eigenvalue weighted by molar-refractivity contribution is 0.0468. The Morgan fingerprint density at radius 1 is 1.27 bits per heavy atom. The van der Waals surface area contributed by atoms with Gasteiger partial charge in [0, 0.05) is 25.7 Å². The van der Waals surface area contributed by atoms with Crippen LogP contribution in [-0.2, 0) is 11.3 Å². The lowest BCUT2D eigenvalue weighted by Gasteiger charge is -2.17. The number of hydrogen-bond acceptors (Lipinski definition) is 3. The van der Waals surface area contributed by atoms with Crippen LogP contribution < -0.4 is 10.6 Å². The normalized spacial score (nSPS) is 15.5. The van der Waals surface area contributed by atoms with Crippen molar-refractivity contribution in [2.24, 2.45) is 4.99 Å². The van der Waals surface area contributed by atoms with Gasteiger partial charge in [-0.25, -0.2) is 4.39 Å². The summed E-state index contributed by atoms with van der Waals surface area (Å²) >= 11 is 0. The molecule has 1 aromatic rings. The highest BCUT2D eigenvalue weighted by Gasteiger charge is 2.12. The smallest absolute Gasteiger partial charge is 0.191 e. The van der Waals surface area contributed by atoms with Crippen LogP contribution in [0.3, 0.4) is 0 Å². The Balaban J connectivity index is 0.00000338. The maximum Gasteiger partial charge on any atom is 0.191 e. The van der Waals surface area contributed by atoms with Crippen molar-refractivity contribution in [3.8, 4) is 6.07 Å². The SMILES string of the molecule is CN=C(NCCOC1CCCCCC1)NCc1cc(C#N)ccc1F.I. The summed E-state index contributed by atoms with van der Waals surface area (Å²) in [5, 5.41) is 15.1. The number of ether oxygens (including phenoxy) is 1. The van der Waals surface area contributed by atoms with Gasteiger partial charge in [0.15, 0.2) is 5.96 Å². The van der Waals surface area contributed by atoms with E-state index in [0.29, 0.717) is 36.3 Å². The topological polar surface area (TPSA) is 69.4 Å². The molecular formula is C19H28FIN4O. The second kappa shape index (κ2) is 12.9. The van der Waals surface area contributed by atoms with E-state index in [-0.39, 0.29) is 36.3 Å². The van der Waals surface area contributed by atoms with Crippen LogP contribution >= 0.6 is 24.0 Å². The number of nitriles is 1. The lowest BCUT2D eigenvalue weighted by atomic mass is 10.1. The number of aliphatic imine (C=N–C) groups is 1. The van der Waals surface area contributed by atoms with Crippen LogP contribution in [0, 0.1) is 17.1 Å². The molecule has 1 saturated carbocycles. The lowest BCUT2D eigenvalue weighted by Crippen LogP contribution is -2.39. The molecule has 0 aliphatic heterocycles. The third kappa shape index (κ3) is 7.87. The highest BCUT2D eigenvalue weighted by Crippen LogP contribution is 2.19. The highest BCUT2D eigenvalue weighted by atomic mass is 127. The molecule has 1 aliphatic carbocycles. The summed E-state index contributed by atoms with van der Waals surface area (Å²) in [5.41, 5.74) is 0.884. The fourth-order valence-corrected chi connectivity index (χ4v) is 2.98. The maximum absolute atomic E-state index is 13.8. The van der Waals surface area contributed by atoms with E-state index in [1.807, 2.05) is 6.07 Å². The van der Waals surface area contributed by atoms with Crippen LogP contribution in [0.25, 0.3) is 0 Å². The van der Waals surface area contributed by atoms with E-state index in [0.717, 1.165) is 12.8 Å². The zero-order chi connectivity index (χ0) is 17.9. The zero-order valence-electron chi connectivity index (χ0n) is 15.3. The van der Waals surface area contributed by atoms with Gasteiger partial charge in [-0.15, -0.1) is 24.0 Å². The molecule has 0 saturated heterocycles. The molecule has 0 aromatic heterocycles. The van der Waals surface area contributed by atoms with Crippen LogP contribution in [0.4, 0.5) is 4.39 Å². The van der Waals surface area contributed by atoms with E-state index < -0.39 is 0 Å². The number of rotatable bonds is 6. The average Bonchev–Trinajstić information content (AvgIpc) is 2.91. The third-order valence-electron chi connectivity index (χ3n) is 4.39. The van der Waals surface area contributed by atoms with Crippen LogP contribution in [0.5, 0.6) is 0 Å². The minimum absolute atomic E-state index is 0. The molecule has 5 nitrogen and oxygen atoms in total. The van der Waals surface area contributed by atoms with Crippen molar-refractivity contribution in [1.82, 2.24) is 10.6 Å². The molecule has 2 N–H and O–H groups in total. The van der Waals surface area contributed by atoms with Crippen molar-refractivity contribution >= 4 is 29.9 Å². The first-order chi connectivity index (χ1) is 12.2. The number of benzene rings is 1. The fraction of sp³-hybridized carbons (Fsp3) is 0.579. The molecule has 7 heteroatoms. The Morgan fingerprint density at radius 3 is 2.65 bits per heavy atom. The van der Waals surface area contributed by atoms with Gasteiger partial charge in [0.2, 0.25) is 0 Å². The van der Waals surface area contributed by atoms with Gasteiger partial charge >= 0.3 is 0 Å². The number of nitrogens with one attached hydrogen (secondary N) is 2. The van der Waals surface area contributed by atoms with Crippen LogP contribution in [-0.4, -0.2) is 32.3 Å². The zero-order valence-corrected chi connectivity index (χ0v) is 17.6. The summed E-state index contributed by atoms with van der Waals surface area (Å²) in [6, 6.07) is 6.34. The Kier molecular flexibility index (Phi) is 11.2. The first-order valence-electron chi connectivity index (χ1n) is 8.97. The van der Waals surface area contributed by atoms with Gasteiger partial charge in [-0.2, -0.15) is 5.26 Å². The summed E-state index contributed by atoms with van der Waals surface area (Å²) in [5.74, 6) is 0.255. The van der Waals surface area contributed by atoms with Crippen molar-refractivity contribution in [2.45, 2.75) is 51.2 Å². The summed E-state index contributed by atoms with van der Waals surface area (Å²) in [6.45, 7) is 1.55. The summed E-state index contributed by atoms with van der Waals surface area (Å²) < 4.78 is 19.7. The van der Waals surface area contributed by atoms with E-state index >= 15 is 0 Å². The Morgan fingerprint density at radius 2 is 2.00 bits per heavy atom. The average molecular weight is 474 g/mol. The minimum Gasteiger partial charge on any atom is -0.376 e. The van der Waals surface area contributed by atoms with Crippen LogP contribution in [0.1, 0.15) is 49.7 Å². The Bertz CT molecular complexity index is 610. The van der Waals surface area contributed by atoms with Crippen molar-refractivity contribution in [3.05, 3.63) is 35.1 Å².